The number of hydrogen-bond donors (Lipinski definition) is 1. The fourth-order valence-corrected chi connectivity index (χ4v) is 3.20. The van der Waals surface area contributed by atoms with Crippen molar-refractivity contribution in [2.24, 2.45) is 0 Å². The molecule has 0 radical (unpaired) electrons. The molecule has 1 N–H and O–H groups in total. The number of aryl methyl sites for hydroxylation is 1. The number of nitrogens with zero attached hydrogens (tertiary/aromatic N) is 1. The average molecular weight is 370 g/mol. The van der Waals surface area contributed by atoms with E-state index in [1.54, 1.807) is 31.2 Å². The van der Waals surface area contributed by atoms with E-state index in [4.69, 9.17) is 9.47 Å². The Hall–Kier alpha value is -2.76. The Labute approximate surface area is 159 Å². The minimum atomic E-state index is -0.895. The van der Waals surface area contributed by atoms with Gasteiger partial charge in [-0.05, 0) is 70.9 Å². The van der Waals surface area contributed by atoms with Crippen LogP contribution in [0.25, 0.3) is 0 Å². The van der Waals surface area contributed by atoms with E-state index in [-0.39, 0.29) is 5.91 Å². The third-order valence-electron chi connectivity index (χ3n) is 4.70. The van der Waals surface area contributed by atoms with Gasteiger partial charge in [-0.3, -0.25) is 4.79 Å². The molecular weight excluding hydrogens is 344 g/mol. The van der Waals surface area contributed by atoms with Gasteiger partial charge in [-0.15, -0.1) is 0 Å². The standard InChI is InChI=1S/C21H26N2O4/c1-5-26-18-10-6-16(7-11-18)22-20(24)15(4)27-21(25)19-12-13(2)23(14(19)3)17-8-9-17/h6-7,10-12,15,17H,5,8-9H2,1-4H3,(H,22,24)/t15-/m0/s1. The zero-order valence-electron chi connectivity index (χ0n) is 16.2. The number of ether oxygens (including phenoxy) is 2. The van der Waals surface area contributed by atoms with Gasteiger partial charge in [0.25, 0.3) is 5.91 Å². The van der Waals surface area contributed by atoms with Gasteiger partial charge in [-0.1, -0.05) is 0 Å². The predicted molar refractivity (Wildman–Crippen MR) is 103 cm³/mol. The average Bonchev–Trinajstić information content (AvgIpc) is 3.41. The Kier molecular flexibility index (Phi) is 5.54. The highest BCUT2D eigenvalue weighted by Crippen LogP contribution is 2.38. The first-order valence-electron chi connectivity index (χ1n) is 9.33. The second-order valence-electron chi connectivity index (χ2n) is 6.88. The lowest BCUT2D eigenvalue weighted by Crippen LogP contribution is -2.30. The molecule has 27 heavy (non-hydrogen) atoms. The number of carbonyl (C=O) groups excluding carboxylic acids is 2. The summed E-state index contributed by atoms with van der Waals surface area (Å²) in [4.78, 5) is 24.9. The number of anilines is 1. The first-order valence-corrected chi connectivity index (χ1v) is 9.33. The van der Waals surface area contributed by atoms with Crippen molar-refractivity contribution >= 4 is 17.6 Å². The largest absolute Gasteiger partial charge is 0.494 e. The van der Waals surface area contributed by atoms with Crippen LogP contribution in [-0.2, 0) is 9.53 Å². The minimum Gasteiger partial charge on any atom is -0.494 e. The van der Waals surface area contributed by atoms with E-state index >= 15 is 0 Å². The molecule has 1 aliphatic rings. The molecule has 1 aliphatic carbocycles. The number of benzene rings is 1. The lowest BCUT2D eigenvalue weighted by Gasteiger charge is -2.14. The highest BCUT2D eigenvalue weighted by molar-refractivity contribution is 5.97. The molecule has 6 heteroatoms. The Balaban J connectivity index is 1.60. The minimum absolute atomic E-state index is 0.372. The van der Waals surface area contributed by atoms with Crippen LogP contribution in [0.15, 0.2) is 30.3 Å². The summed E-state index contributed by atoms with van der Waals surface area (Å²) in [5.74, 6) is -0.103. The quantitative estimate of drug-likeness (QED) is 0.747. The van der Waals surface area contributed by atoms with Gasteiger partial charge in [-0.25, -0.2) is 4.79 Å². The van der Waals surface area contributed by atoms with Crippen LogP contribution in [0.5, 0.6) is 5.75 Å². The lowest BCUT2D eigenvalue weighted by molar-refractivity contribution is -0.123. The number of rotatable bonds is 7. The van der Waals surface area contributed by atoms with E-state index in [0.717, 1.165) is 30.0 Å². The zero-order chi connectivity index (χ0) is 19.6. The van der Waals surface area contributed by atoms with Gasteiger partial charge in [0, 0.05) is 23.1 Å². The number of esters is 1. The molecule has 1 saturated carbocycles. The topological polar surface area (TPSA) is 69.6 Å². The molecular formula is C21H26N2O4. The van der Waals surface area contributed by atoms with Crippen LogP contribution in [0.3, 0.4) is 0 Å². The van der Waals surface area contributed by atoms with E-state index in [0.29, 0.717) is 23.9 Å². The summed E-state index contributed by atoms with van der Waals surface area (Å²) in [6.07, 6.45) is 1.39. The van der Waals surface area contributed by atoms with Gasteiger partial charge in [0.1, 0.15) is 5.75 Å². The highest BCUT2D eigenvalue weighted by Gasteiger charge is 2.29. The second kappa shape index (κ2) is 7.86. The number of amides is 1. The molecule has 6 nitrogen and oxygen atoms in total. The highest BCUT2D eigenvalue weighted by atomic mass is 16.5. The zero-order valence-corrected chi connectivity index (χ0v) is 16.2. The van der Waals surface area contributed by atoms with Crippen LogP contribution in [0.1, 0.15) is 54.5 Å². The first-order chi connectivity index (χ1) is 12.9. The molecule has 1 aromatic carbocycles. The molecule has 0 saturated heterocycles. The van der Waals surface area contributed by atoms with Crippen LogP contribution in [0.4, 0.5) is 5.69 Å². The summed E-state index contributed by atoms with van der Waals surface area (Å²) >= 11 is 0. The van der Waals surface area contributed by atoms with Crippen molar-refractivity contribution < 1.29 is 19.1 Å². The van der Waals surface area contributed by atoms with Crippen molar-refractivity contribution in [2.45, 2.75) is 52.7 Å². The van der Waals surface area contributed by atoms with Gasteiger partial charge < -0.3 is 19.4 Å². The monoisotopic (exact) mass is 370 g/mol. The fraction of sp³-hybridized carbons (Fsp3) is 0.429. The third-order valence-corrected chi connectivity index (χ3v) is 4.70. The van der Waals surface area contributed by atoms with Gasteiger partial charge in [-0.2, -0.15) is 0 Å². The molecule has 144 valence electrons. The molecule has 1 amide bonds. The van der Waals surface area contributed by atoms with Crippen molar-refractivity contribution in [1.82, 2.24) is 4.57 Å². The number of hydrogen-bond acceptors (Lipinski definition) is 4. The summed E-state index contributed by atoms with van der Waals surface area (Å²) in [7, 11) is 0. The van der Waals surface area contributed by atoms with Gasteiger partial charge in [0.05, 0.1) is 12.2 Å². The normalized spacial score (nSPS) is 14.5. The van der Waals surface area contributed by atoms with Crippen molar-refractivity contribution in [3.05, 3.63) is 47.3 Å². The summed E-state index contributed by atoms with van der Waals surface area (Å²) < 4.78 is 12.9. The van der Waals surface area contributed by atoms with Crippen LogP contribution in [0, 0.1) is 13.8 Å². The Bertz CT molecular complexity index is 835. The number of aromatic nitrogens is 1. The van der Waals surface area contributed by atoms with Crippen molar-refractivity contribution in [1.29, 1.82) is 0 Å². The van der Waals surface area contributed by atoms with Gasteiger partial charge in [0.2, 0.25) is 0 Å². The molecule has 0 bridgehead atoms. The summed E-state index contributed by atoms with van der Waals surface area (Å²) in [5, 5.41) is 2.75. The molecule has 3 rings (SSSR count). The first kappa shape index (κ1) is 19.0. The SMILES string of the molecule is CCOc1ccc(NC(=O)[C@H](C)OC(=O)c2cc(C)n(C3CC3)c2C)cc1. The predicted octanol–water partition coefficient (Wildman–Crippen LogP) is 4.02. The molecule has 2 aromatic rings. The van der Waals surface area contributed by atoms with Crippen LogP contribution in [0.2, 0.25) is 0 Å². The molecule has 1 aromatic heterocycles. The molecule has 1 heterocycles. The number of carbonyl (C=O) groups is 2. The van der Waals surface area contributed by atoms with Crippen molar-refractivity contribution in [3.63, 3.8) is 0 Å². The maximum atomic E-state index is 12.5. The molecule has 1 atom stereocenters. The van der Waals surface area contributed by atoms with Gasteiger partial charge in [0.15, 0.2) is 6.10 Å². The molecule has 0 unspecified atom stereocenters. The van der Waals surface area contributed by atoms with Crippen molar-refractivity contribution in [2.75, 3.05) is 11.9 Å². The van der Waals surface area contributed by atoms with Crippen LogP contribution < -0.4 is 10.1 Å². The Morgan fingerprint density at radius 2 is 1.89 bits per heavy atom. The van der Waals surface area contributed by atoms with Crippen LogP contribution in [-0.4, -0.2) is 29.2 Å². The molecule has 0 aliphatic heterocycles. The van der Waals surface area contributed by atoms with Crippen LogP contribution >= 0.6 is 0 Å². The van der Waals surface area contributed by atoms with Gasteiger partial charge >= 0.3 is 5.97 Å². The van der Waals surface area contributed by atoms with E-state index in [1.807, 2.05) is 26.8 Å². The third kappa shape index (κ3) is 4.32. The Morgan fingerprint density at radius 1 is 1.22 bits per heavy atom. The maximum absolute atomic E-state index is 12.5. The molecule has 1 fully saturated rings. The second-order valence-corrected chi connectivity index (χ2v) is 6.88. The molecule has 0 spiro atoms. The Morgan fingerprint density at radius 3 is 2.48 bits per heavy atom. The summed E-state index contributed by atoms with van der Waals surface area (Å²) in [6.45, 7) is 7.98. The lowest BCUT2D eigenvalue weighted by atomic mass is 10.2. The fourth-order valence-electron chi connectivity index (χ4n) is 3.20. The summed E-state index contributed by atoms with van der Waals surface area (Å²) in [6, 6.07) is 9.39. The summed E-state index contributed by atoms with van der Waals surface area (Å²) in [5.41, 5.74) is 3.10. The number of nitrogens with one attached hydrogen (secondary N) is 1. The van der Waals surface area contributed by atoms with E-state index in [9.17, 15) is 9.59 Å². The van der Waals surface area contributed by atoms with E-state index in [1.165, 1.54) is 0 Å². The van der Waals surface area contributed by atoms with E-state index < -0.39 is 12.1 Å². The maximum Gasteiger partial charge on any atom is 0.340 e. The van der Waals surface area contributed by atoms with Crippen molar-refractivity contribution in [3.8, 4) is 5.75 Å². The smallest absolute Gasteiger partial charge is 0.340 e. The van der Waals surface area contributed by atoms with E-state index in [2.05, 4.69) is 9.88 Å².